The fourth-order valence-electron chi connectivity index (χ4n) is 3.67. The van der Waals surface area contributed by atoms with Crippen LogP contribution in [0.3, 0.4) is 0 Å². The number of hydrogen-bond acceptors (Lipinski definition) is 6. The molecule has 1 aromatic carbocycles. The summed E-state index contributed by atoms with van der Waals surface area (Å²) in [7, 11) is 1.58. The number of para-hydroxylation sites is 1. The van der Waals surface area contributed by atoms with Crippen LogP contribution in [0, 0.1) is 5.92 Å². The Labute approximate surface area is 176 Å². The first-order valence-electron chi connectivity index (χ1n) is 9.81. The number of benzene rings is 1. The average Bonchev–Trinajstić information content (AvgIpc) is 3.21. The summed E-state index contributed by atoms with van der Waals surface area (Å²) in [6.07, 6.45) is -3.49. The van der Waals surface area contributed by atoms with Crippen LogP contribution in [0.5, 0.6) is 5.75 Å². The van der Waals surface area contributed by atoms with Gasteiger partial charge < -0.3 is 15.0 Å². The van der Waals surface area contributed by atoms with Crippen LogP contribution in [-0.4, -0.2) is 45.9 Å². The maximum atomic E-state index is 13.1. The van der Waals surface area contributed by atoms with Gasteiger partial charge in [-0.25, -0.2) is 0 Å². The molecule has 11 heteroatoms. The molecule has 2 aromatic heterocycles. The van der Waals surface area contributed by atoms with E-state index >= 15 is 0 Å². The van der Waals surface area contributed by atoms with Crippen LogP contribution in [0.15, 0.2) is 36.4 Å². The van der Waals surface area contributed by atoms with Crippen molar-refractivity contribution in [1.29, 1.82) is 0 Å². The lowest BCUT2D eigenvalue weighted by Crippen LogP contribution is -2.40. The molecule has 0 spiro atoms. The Morgan fingerprint density at radius 2 is 1.90 bits per heavy atom. The third-order valence-corrected chi connectivity index (χ3v) is 5.34. The van der Waals surface area contributed by atoms with Gasteiger partial charge in [-0.3, -0.25) is 4.79 Å². The molecule has 31 heavy (non-hydrogen) atoms. The number of rotatable bonds is 5. The number of halogens is 3. The first-order chi connectivity index (χ1) is 14.9. The smallest absolute Gasteiger partial charge is 0.453 e. The molecule has 0 bridgehead atoms. The minimum Gasteiger partial charge on any atom is -0.496 e. The number of piperidine rings is 1. The predicted molar refractivity (Wildman–Crippen MR) is 106 cm³/mol. The number of anilines is 1. The summed E-state index contributed by atoms with van der Waals surface area (Å²) < 4.78 is 45.2. The Hall–Kier alpha value is -3.37. The summed E-state index contributed by atoms with van der Waals surface area (Å²) in [4.78, 5) is 14.4. The number of methoxy groups -OCH3 is 1. The Bertz CT molecular complexity index is 1080. The van der Waals surface area contributed by atoms with Gasteiger partial charge in [0.25, 0.3) is 5.82 Å². The van der Waals surface area contributed by atoms with E-state index in [1.807, 2.05) is 29.2 Å². The fourth-order valence-corrected chi connectivity index (χ4v) is 3.67. The monoisotopic (exact) mass is 434 g/mol. The molecule has 0 radical (unpaired) electrons. The lowest BCUT2D eigenvalue weighted by Gasteiger charge is -2.32. The minimum atomic E-state index is -4.64. The second-order valence-electron chi connectivity index (χ2n) is 7.27. The number of fused-ring (bicyclic) bond motifs is 1. The number of ether oxygens (including phenoxy) is 1. The van der Waals surface area contributed by atoms with Gasteiger partial charge in [0.2, 0.25) is 5.91 Å². The molecule has 164 valence electrons. The van der Waals surface area contributed by atoms with Crippen LogP contribution in [0.1, 0.15) is 24.2 Å². The highest BCUT2D eigenvalue weighted by Gasteiger charge is 2.38. The zero-order valence-corrected chi connectivity index (χ0v) is 16.8. The van der Waals surface area contributed by atoms with Gasteiger partial charge in [0.1, 0.15) is 11.6 Å². The van der Waals surface area contributed by atoms with Crippen molar-refractivity contribution in [2.24, 2.45) is 5.92 Å². The molecule has 1 aliphatic heterocycles. The van der Waals surface area contributed by atoms with Gasteiger partial charge in [0, 0.05) is 31.1 Å². The Balaban J connectivity index is 1.37. The standard InChI is InChI=1S/C20H21F3N6O2/c1-31-15-5-3-2-4-14(15)12-24-18(30)13-8-10-28(11-9-13)17-7-6-16-25-26-19(20(21,22)23)29(16)27-17/h2-7,13H,8-12H2,1H3,(H,24,30). The fraction of sp³-hybridized carbons (Fsp3) is 0.400. The number of aromatic nitrogens is 4. The molecular weight excluding hydrogens is 413 g/mol. The summed E-state index contributed by atoms with van der Waals surface area (Å²) in [5.74, 6) is -0.269. The number of carbonyl (C=O) groups is 1. The Kier molecular flexibility index (Phi) is 5.66. The van der Waals surface area contributed by atoms with E-state index in [1.165, 1.54) is 6.07 Å². The molecule has 3 heterocycles. The van der Waals surface area contributed by atoms with Gasteiger partial charge >= 0.3 is 6.18 Å². The molecule has 4 rings (SSSR count). The van der Waals surface area contributed by atoms with Crippen molar-refractivity contribution in [3.05, 3.63) is 47.8 Å². The zero-order valence-electron chi connectivity index (χ0n) is 16.8. The van der Waals surface area contributed by atoms with Gasteiger partial charge in [-0.1, -0.05) is 18.2 Å². The molecule has 1 N–H and O–H groups in total. The third-order valence-electron chi connectivity index (χ3n) is 5.34. The lowest BCUT2D eigenvalue weighted by atomic mass is 9.96. The van der Waals surface area contributed by atoms with Crippen LogP contribution in [0.2, 0.25) is 0 Å². The average molecular weight is 434 g/mol. The van der Waals surface area contributed by atoms with E-state index in [0.29, 0.717) is 48.6 Å². The van der Waals surface area contributed by atoms with Crippen molar-refractivity contribution in [2.45, 2.75) is 25.6 Å². The SMILES string of the molecule is COc1ccccc1CNC(=O)C1CCN(c2ccc3nnc(C(F)(F)F)n3n2)CC1. The molecule has 1 amide bonds. The van der Waals surface area contributed by atoms with Crippen LogP contribution in [0.25, 0.3) is 5.65 Å². The van der Waals surface area contributed by atoms with Crippen LogP contribution in [0.4, 0.5) is 19.0 Å². The van der Waals surface area contributed by atoms with Crippen LogP contribution < -0.4 is 15.0 Å². The van der Waals surface area contributed by atoms with Gasteiger partial charge in [-0.05, 0) is 31.0 Å². The predicted octanol–water partition coefficient (Wildman–Crippen LogP) is 2.68. The summed E-state index contributed by atoms with van der Waals surface area (Å²) in [5.41, 5.74) is 0.921. The van der Waals surface area contributed by atoms with E-state index in [9.17, 15) is 18.0 Å². The van der Waals surface area contributed by atoms with Crippen LogP contribution >= 0.6 is 0 Å². The summed E-state index contributed by atoms with van der Waals surface area (Å²) in [6.45, 7) is 1.39. The quantitative estimate of drug-likeness (QED) is 0.665. The zero-order chi connectivity index (χ0) is 22.0. The molecule has 0 atom stereocenters. The molecule has 0 saturated carbocycles. The molecule has 0 unspecified atom stereocenters. The molecule has 8 nitrogen and oxygen atoms in total. The third kappa shape index (κ3) is 4.39. The lowest BCUT2D eigenvalue weighted by molar-refractivity contribution is -0.146. The van der Waals surface area contributed by atoms with Crippen molar-refractivity contribution in [2.75, 3.05) is 25.1 Å². The summed E-state index contributed by atoms with van der Waals surface area (Å²) in [5, 5.41) is 13.7. The molecule has 0 aliphatic carbocycles. The summed E-state index contributed by atoms with van der Waals surface area (Å²) in [6, 6.07) is 10.5. The molecule has 1 fully saturated rings. The van der Waals surface area contributed by atoms with Crippen molar-refractivity contribution >= 4 is 17.4 Å². The highest BCUT2D eigenvalue weighted by atomic mass is 19.4. The van der Waals surface area contributed by atoms with Crippen molar-refractivity contribution in [3.8, 4) is 5.75 Å². The number of nitrogens with zero attached hydrogens (tertiary/aromatic N) is 5. The molecule has 1 saturated heterocycles. The van der Waals surface area contributed by atoms with Crippen molar-refractivity contribution in [1.82, 2.24) is 25.1 Å². The Morgan fingerprint density at radius 1 is 1.16 bits per heavy atom. The number of nitrogens with one attached hydrogen (secondary N) is 1. The van der Waals surface area contributed by atoms with Crippen molar-refractivity contribution < 1.29 is 22.7 Å². The largest absolute Gasteiger partial charge is 0.496 e. The number of hydrogen-bond donors (Lipinski definition) is 1. The van der Waals surface area contributed by atoms with E-state index in [0.717, 1.165) is 5.56 Å². The molecular formula is C20H21F3N6O2. The van der Waals surface area contributed by atoms with E-state index < -0.39 is 12.0 Å². The van der Waals surface area contributed by atoms with Gasteiger partial charge in [0.15, 0.2) is 5.65 Å². The van der Waals surface area contributed by atoms with E-state index in [-0.39, 0.29) is 17.5 Å². The maximum Gasteiger partial charge on any atom is 0.453 e. The molecule has 1 aliphatic rings. The Morgan fingerprint density at radius 3 is 2.61 bits per heavy atom. The van der Waals surface area contributed by atoms with Crippen LogP contribution in [-0.2, 0) is 17.5 Å². The van der Waals surface area contributed by atoms with Gasteiger partial charge in [-0.2, -0.15) is 17.7 Å². The van der Waals surface area contributed by atoms with E-state index in [2.05, 4.69) is 20.6 Å². The van der Waals surface area contributed by atoms with E-state index in [1.54, 1.807) is 13.2 Å². The summed E-state index contributed by atoms with van der Waals surface area (Å²) >= 11 is 0. The van der Waals surface area contributed by atoms with Gasteiger partial charge in [-0.15, -0.1) is 15.3 Å². The second kappa shape index (κ2) is 8.40. The normalized spacial score (nSPS) is 15.3. The number of amides is 1. The first kappa shape index (κ1) is 20.9. The number of alkyl halides is 3. The molecule has 3 aromatic rings. The first-order valence-corrected chi connectivity index (χ1v) is 9.81. The minimum absolute atomic E-state index is 0.0293. The van der Waals surface area contributed by atoms with Crippen molar-refractivity contribution in [3.63, 3.8) is 0 Å². The van der Waals surface area contributed by atoms with Gasteiger partial charge in [0.05, 0.1) is 7.11 Å². The highest BCUT2D eigenvalue weighted by molar-refractivity contribution is 5.79. The van der Waals surface area contributed by atoms with E-state index in [4.69, 9.17) is 4.74 Å². The topological polar surface area (TPSA) is 84.6 Å². The maximum absolute atomic E-state index is 13.1. The second-order valence-corrected chi connectivity index (χ2v) is 7.27. The highest BCUT2D eigenvalue weighted by Crippen LogP contribution is 2.28. The number of carbonyl (C=O) groups excluding carboxylic acids is 1.